The number of aromatic hydroxyl groups is 1. The Bertz CT molecular complexity index is 1180. The first kappa shape index (κ1) is 21.9. The SMILES string of the molecule is COc1cccc(C)c1P(c1cccc(-c2ccccc2)c1O)c1c(C)cccc1OC. The second-order valence-electron chi connectivity index (χ2n) is 7.63. The molecule has 4 heteroatoms. The molecule has 0 bridgehead atoms. The maximum atomic E-state index is 11.6. The largest absolute Gasteiger partial charge is 0.507 e. The zero-order chi connectivity index (χ0) is 22.7. The van der Waals surface area contributed by atoms with Crippen LogP contribution >= 0.6 is 7.92 Å². The van der Waals surface area contributed by atoms with Crippen molar-refractivity contribution in [3.05, 3.63) is 96.1 Å². The molecule has 0 spiro atoms. The van der Waals surface area contributed by atoms with E-state index in [0.717, 1.165) is 49.7 Å². The van der Waals surface area contributed by atoms with Gasteiger partial charge in [0.1, 0.15) is 17.2 Å². The average Bonchev–Trinajstić information content (AvgIpc) is 2.82. The Morgan fingerprint density at radius 1 is 0.625 bits per heavy atom. The predicted octanol–water partition coefficient (Wildman–Crippen LogP) is 5.45. The molecule has 0 aliphatic heterocycles. The van der Waals surface area contributed by atoms with Crippen LogP contribution in [0.4, 0.5) is 0 Å². The molecule has 0 heterocycles. The van der Waals surface area contributed by atoms with Gasteiger partial charge in [-0.05, 0) is 50.6 Å². The van der Waals surface area contributed by atoms with Crippen LogP contribution in [0.25, 0.3) is 11.1 Å². The Morgan fingerprint density at radius 2 is 1.16 bits per heavy atom. The molecule has 0 aromatic heterocycles. The minimum atomic E-state index is -1.17. The van der Waals surface area contributed by atoms with Gasteiger partial charge in [0, 0.05) is 21.5 Å². The highest BCUT2D eigenvalue weighted by Gasteiger charge is 2.29. The van der Waals surface area contributed by atoms with E-state index in [4.69, 9.17) is 9.47 Å². The van der Waals surface area contributed by atoms with Crippen molar-refractivity contribution in [1.29, 1.82) is 0 Å². The molecule has 0 aliphatic rings. The molecule has 32 heavy (non-hydrogen) atoms. The van der Waals surface area contributed by atoms with Crippen LogP contribution in [0.2, 0.25) is 0 Å². The normalized spacial score (nSPS) is 10.9. The number of aryl methyl sites for hydroxylation is 2. The summed E-state index contributed by atoms with van der Waals surface area (Å²) in [4.78, 5) is 0. The molecule has 0 atom stereocenters. The molecule has 4 rings (SSSR count). The minimum Gasteiger partial charge on any atom is -0.507 e. The third-order valence-electron chi connectivity index (χ3n) is 5.63. The molecular weight excluding hydrogens is 415 g/mol. The number of hydrogen-bond donors (Lipinski definition) is 1. The number of para-hydroxylation sites is 1. The Labute approximate surface area is 191 Å². The summed E-state index contributed by atoms with van der Waals surface area (Å²) in [5, 5.41) is 14.6. The molecule has 0 amide bonds. The fourth-order valence-electron chi connectivity index (χ4n) is 4.08. The maximum Gasteiger partial charge on any atom is 0.131 e. The summed E-state index contributed by atoms with van der Waals surface area (Å²) in [7, 11) is 2.22. The van der Waals surface area contributed by atoms with Crippen LogP contribution in [0, 0.1) is 13.8 Å². The van der Waals surface area contributed by atoms with Gasteiger partial charge >= 0.3 is 0 Å². The highest BCUT2D eigenvalue weighted by Crippen LogP contribution is 2.45. The van der Waals surface area contributed by atoms with Crippen LogP contribution in [0.3, 0.4) is 0 Å². The number of hydrogen-bond acceptors (Lipinski definition) is 3. The smallest absolute Gasteiger partial charge is 0.131 e. The van der Waals surface area contributed by atoms with Gasteiger partial charge in [-0.1, -0.05) is 72.8 Å². The maximum absolute atomic E-state index is 11.6. The van der Waals surface area contributed by atoms with Crippen LogP contribution in [0.1, 0.15) is 11.1 Å². The third kappa shape index (κ3) is 3.97. The molecular formula is C28H27O3P. The van der Waals surface area contributed by atoms with E-state index in [2.05, 4.69) is 26.0 Å². The van der Waals surface area contributed by atoms with Gasteiger partial charge in [0.2, 0.25) is 0 Å². The number of rotatable bonds is 6. The molecule has 0 saturated heterocycles. The Hall–Kier alpha value is -3.29. The zero-order valence-electron chi connectivity index (χ0n) is 18.8. The molecule has 4 aromatic rings. The number of phenolic OH excluding ortho intramolecular Hbond substituents is 1. The monoisotopic (exact) mass is 442 g/mol. The first-order valence-corrected chi connectivity index (χ1v) is 11.9. The van der Waals surface area contributed by atoms with Crippen molar-refractivity contribution in [2.75, 3.05) is 14.2 Å². The molecule has 0 saturated carbocycles. The fourth-order valence-corrected chi connectivity index (χ4v) is 6.98. The molecule has 0 unspecified atom stereocenters. The predicted molar refractivity (Wildman–Crippen MR) is 135 cm³/mol. The molecule has 162 valence electrons. The van der Waals surface area contributed by atoms with Gasteiger partial charge in [-0.25, -0.2) is 0 Å². The van der Waals surface area contributed by atoms with Gasteiger partial charge in [0.15, 0.2) is 0 Å². The molecule has 1 N–H and O–H groups in total. The van der Waals surface area contributed by atoms with E-state index in [1.165, 1.54) is 0 Å². The molecule has 4 aromatic carbocycles. The van der Waals surface area contributed by atoms with Gasteiger partial charge in [0.05, 0.1) is 14.2 Å². The van der Waals surface area contributed by atoms with Crippen LogP contribution in [-0.4, -0.2) is 19.3 Å². The van der Waals surface area contributed by atoms with E-state index < -0.39 is 7.92 Å². The van der Waals surface area contributed by atoms with Gasteiger partial charge in [-0.3, -0.25) is 0 Å². The fraction of sp³-hybridized carbons (Fsp3) is 0.143. The van der Waals surface area contributed by atoms with E-state index >= 15 is 0 Å². The van der Waals surface area contributed by atoms with Crippen molar-refractivity contribution < 1.29 is 14.6 Å². The number of methoxy groups -OCH3 is 2. The molecule has 0 fully saturated rings. The second kappa shape index (κ2) is 9.46. The number of phenols is 1. The van der Waals surface area contributed by atoms with Gasteiger partial charge in [0.25, 0.3) is 0 Å². The topological polar surface area (TPSA) is 38.7 Å². The van der Waals surface area contributed by atoms with Crippen molar-refractivity contribution in [3.63, 3.8) is 0 Å². The van der Waals surface area contributed by atoms with Crippen LogP contribution in [0.5, 0.6) is 17.2 Å². The third-order valence-corrected chi connectivity index (χ3v) is 8.51. The van der Waals surface area contributed by atoms with Crippen molar-refractivity contribution in [2.24, 2.45) is 0 Å². The molecule has 3 nitrogen and oxygen atoms in total. The average molecular weight is 442 g/mol. The lowest BCUT2D eigenvalue weighted by Crippen LogP contribution is -2.26. The Kier molecular flexibility index (Phi) is 6.48. The van der Waals surface area contributed by atoms with Crippen molar-refractivity contribution in [1.82, 2.24) is 0 Å². The molecule has 0 aliphatic carbocycles. The van der Waals surface area contributed by atoms with Crippen LogP contribution in [0.15, 0.2) is 84.9 Å². The summed E-state index contributed by atoms with van der Waals surface area (Å²) in [5.41, 5.74) is 4.03. The van der Waals surface area contributed by atoms with Crippen molar-refractivity contribution >= 4 is 23.8 Å². The van der Waals surface area contributed by atoms with Crippen LogP contribution in [-0.2, 0) is 0 Å². The van der Waals surface area contributed by atoms with Gasteiger partial charge in [-0.2, -0.15) is 0 Å². The summed E-state index contributed by atoms with van der Waals surface area (Å²) in [5.74, 6) is 1.91. The van der Waals surface area contributed by atoms with Crippen molar-refractivity contribution in [2.45, 2.75) is 13.8 Å². The lowest BCUT2D eigenvalue weighted by molar-refractivity contribution is 0.417. The first-order chi connectivity index (χ1) is 15.6. The first-order valence-electron chi connectivity index (χ1n) is 10.5. The highest BCUT2D eigenvalue weighted by atomic mass is 31.1. The summed E-state index contributed by atoms with van der Waals surface area (Å²) in [6, 6.07) is 28.1. The van der Waals surface area contributed by atoms with Gasteiger partial charge in [-0.15, -0.1) is 0 Å². The summed E-state index contributed by atoms with van der Waals surface area (Å²) >= 11 is 0. The lowest BCUT2D eigenvalue weighted by atomic mass is 10.1. The number of benzene rings is 4. The van der Waals surface area contributed by atoms with E-state index in [0.29, 0.717) is 5.75 Å². The number of ether oxygens (including phenoxy) is 2. The van der Waals surface area contributed by atoms with E-state index in [1.54, 1.807) is 14.2 Å². The highest BCUT2D eigenvalue weighted by molar-refractivity contribution is 7.80. The summed E-state index contributed by atoms with van der Waals surface area (Å²) in [6.45, 7) is 4.19. The summed E-state index contributed by atoms with van der Waals surface area (Å²) in [6.07, 6.45) is 0. The standard InChI is InChI=1S/C28H27O3P/c1-19-11-8-16-23(30-3)27(19)32(28-20(2)12-9-17-24(28)31-4)25-18-10-15-22(26(25)29)21-13-6-5-7-14-21/h5-18,29H,1-4H3. The minimum absolute atomic E-state index is 0.292. The quantitative estimate of drug-likeness (QED) is 0.404. The Balaban J connectivity index is 2.06. The zero-order valence-corrected chi connectivity index (χ0v) is 19.7. The summed E-state index contributed by atoms with van der Waals surface area (Å²) < 4.78 is 11.6. The second-order valence-corrected chi connectivity index (χ2v) is 9.67. The van der Waals surface area contributed by atoms with E-state index in [1.807, 2.05) is 72.8 Å². The molecule has 0 radical (unpaired) electrons. The van der Waals surface area contributed by atoms with E-state index in [-0.39, 0.29) is 0 Å². The van der Waals surface area contributed by atoms with Crippen molar-refractivity contribution in [3.8, 4) is 28.4 Å². The van der Waals surface area contributed by atoms with Crippen LogP contribution < -0.4 is 25.4 Å². The van der Waals surface area contributed by atoms with Gasteiger partial charge < -0.3 is 14.6 Å². The lowest BCUT2D eigenvalue weighted by Gasteiger charge is -2.27. The van der Waals surface area contributed by atoms with E-state index in [9.17, 15) is 5.11 Å². The Morgan fingerprint density at radius 3 is 1.69 bits per heavy atom.